The van der Waals surface area contributed by atoms with E-state index >= 15 is 0 Å². The topological polar surface area (TPSA) is 46.3 Å². The average molecular weight is 166 g/mol. The van der Waals surface area contributed by atoms with Crippen LogP contribution in [-0.4, -0.2) is 29.9 Å². The molecular weight excluding hydrogens is 152 g/mol. The van der Waals surface area contributed by atoms with Crippen molar-refractivity contribution in [3.8, 4) is 11.8 Å². The highest BCUT2D eigenvalue weighted by Crippen LogP contribution is 2.07. The molecule has 0 aromatic rings. The van der Waals surface area contributed by atoms with Crippen LogP contribution < -0.4 is 5.73 Å². The quantitative estimate of drug-likeness (QED) is 0.513. The Morgan fingerprint density at radius 3 is 3.00 bits per heavy atom. The molecule has 1 atom stereocenters. The van der Waals surface area contributed by atoms with Crippen molar-refractivity contribution in [1.82, 2.24) is 4.90 Å². The van der Waals surface area contributed by atoms with Crippen molar-refractivity contribution in [2.24, 2.45) is 5.73 Å². The molecule has 1 saturated heterocycles. The molecule has 0 radical (unpaired) electrons. The summed E-state index contributed by atoms with van der Waals surface area (Å²) in [6, 6.07) is 0.140. The van der Waals surface area contributed by atoms with E-state index in [9.17, 15) is 4.79 Å². The fraction of sp³-hybridized carbons (Fsp3) is 0.667. The maximum atomic E-state index is 11.2. The van der Waals surface area contributed by atoms with Crippen LogP contribution in [0.1, 0.15) is 19.8 Å². The van der Waals surface area contributed by atoms with Gasteiger partial charge in [0.1, 0.15) is 0 Å². The first-order valence-corrected chi connectivity index (χ1v) is 4.21. The highest BCUT2D eigenvalue weighted by molar-refractivity contribution is 5.93. The summed E-state index contributed by atoms with van der Waals surface area (Å²) >= 11 is 0. The van der Waals surface area contributed by atoms with Gasteiger partial charge in [-0.05, 0) is 25.7 Å². The van der Waals surface area contributed by atoms with E-state index < -0.39 is 0 Å². The monoisotopic (exact) mass is 166 g/mol. The van der Waals surface area contributed by atoms with Gasteiger partial charge in [-0.15, -0.1) is 0 Å². The summed E-state index contributed by atoms with van der Waals surface area (Å²) in [4.78, 5) is 13.0. The third kappa shape index (κ3) is 2.24. The second kappa shape index (κ2) is 4.13. The van der Waals surface area contributed by atoms with Gasteiger partial charge in [-0.1, -0.05) is 5.92 Å². The first-order valence-electron chi connectivity index (χ1n) is 4.21. The lowest BCUT2D eigenvalue weighted by Gasteiger charge is -2.28. The van der Waals surface area contributed by atoms with Crippen LogP contribution in [0, 0.1) is 11.8 Å². The minimum absolute atomic E-state index is 0.0901. The highest BCUT2D eigenvalue weighted by atomic mass is 16.2. The molecule has 0 aromatic carbocycles. The van der Waals surface area contributed by atoms with Gasteiger partial charge in [0.25, 0.3) is 5.91 Å². The molecule has 1 amide bonds. The van der Waals surface area contributed by atoms with E-state index in [1.165, 1.54) is 0 Å². The van der Waals surface area contributed by atoms with Crippen LogP contribution in [0.3, 0.4) is 0 Å². The number of piperidine rings is 1. The Kier molecular flexibility index (Phi) is 3.12. The fourth-order valence-corrected chi connectivity index (χ4v) is 1.38. The average Bonchev–Trinajstić information content (AvgIpc) is 2.05. The van der Waals surface area contributed by atoms with E-state index in [-0.39, 0.29) is 11.9 Å². The SMILES string of the molecule is CC#CC(=O)N1CCC[C@@H](N)C1. The third-order valence-electron chi connectivity index (χ3n) is 1.98. The molecule has 12 heavy (non-hydrogen) atoms. The van der Waals surface area contributed by atoms with Crippen molar-refractivity contribution in [3.63, 3.8) is 0 Å². The molecule has 0 bridgehead atoms. The van der Waals surface area contributed by atoms with Crippen LogP contribution in [0.2, 0.25) is 0 Å². The number of hydrogen-bond acceptors (Lipinski definition) is 2. The number of carbonyl (C=O) groups is 1. The van der Waals surface area contributed by atoms with Crippen molar-refractivity contribution >= 4 is 5.91 Å². The molecule has 3 heteroatoms. The lowest BCUT2D eigenvalue weighted by Crippen LogP contribution is -2.45. The second-order valence-electron chi connectivity index (χ2n) is 3.03. The van der Waals surface area contributed by atoms with Crippen LogP contribution in [0.4, 0.5) is 0 Å². The largest absolute Gasteiger partial charge is 0.330 e. The maximum Gasteiger partial charge on any atom is 0.298 e. The van der Waals surface area contributed by atoms with Crippen LogP contribution in [0.25, 0.3) is 0 Å². The van der Waals surface area contributed by atoms with Gasteiger partial charge in [-0.25, -0.2) is 0 Å². The first kappa shape index (κ1) is 9.08. The summed E-state index contributed by atoms with van der Waals surface area (Å²) in [7, 11) is 0. The van der Waals surface area contributed by atoms with Crippen molar-refractivity contribution in [2.45, 2.75) is 25.8 Å². The van der Waals surface area contributed by atoms with Gasteiger partial charge in [0.15, 0.2) is 0 Å². The second-order valence-corrected chi connectivity index (χ2v) is 3.03. The highest BCUT2D eigenvalue weighted by Gasteiger charge is 2.19. The molecule has 1 heterocycles. The number of carbonyl (C=O) groups excluding carboxylic acids is 1. The fourth-order valence-electron chi connectivity index (χ4n) is 1.38. The van der Waals surface area contributed by atoms with Gasteiger partial charge >= 0.3 is 0 Å². The number of rotatable bonds is 0. The molecular formula is C9H14N2O. The summed E-state index contributed by atoms with van der Waals surface area (Å²) < 4.78 is 0. The molecule has 0 aromatic heterocycles. The van der Waals surface area contributed by atoms with Crippen molar-refractivity contribution < 1.29 is 4.79 Å². The molecule has 0 aliphatic carbocycles. The lowest BCUT2D eigenvalue weighted by molar-refractivity contribution is -0.126. The summed E-state index contributed by atoms with van der Waals surface area (Å²) in [5.74, 6) is 5.02. The minimum Gasteiger partial charge on any atom is -0.330 e. The van der Waals surface area contributed by atoms with Gasteiger partial charge in [0.2, 0.25) is 0 Å². The van der Waals surface area contributed by atoms with Crippen LogP contribution in [0.5, 0.6) is 0 Å². The number of amides is 1. The number of hydrogen-bond donors (Lipinski definition) is 1. The molecule has 66 valence electrons. The van der Waals surface area contributed by atoms with E-state index in [1.54, 1.807) is 11.8 Å². The molecule has 1 fully saturated rings. The summed E-state index contributed by atoms with van der Waals surface area (Å²) in [6.45, 7) is 3.14. The van der Waals surface area contributed by atoms with Gasteiger partial charge in [0.05, 0.1) is 0 Å². The lowest BCUT2D eigenvalue weighted by atomic mass is 10.1. The first-order chi connectivity index (χ1) is 5.74. The Morgan fingerprint density at radius 1 is 1.67 bits per heavy atom. The Hall–Kier alpha value is -1.01. The van der Waals surface area contributed by atoms with Crippen LogP contribution in [-0.2, 0) is 4.79 Å². The zero-order valence-electron chi connectivity index (χ0n) is 7.34. The standard InChI is InChI=1S/C9H14N2O/c1-2-4-9(12)11-6-3-5-8(10)7-11/h8H,3,5-7,10H2,1H3/t8-/m1/s1. The zero-order valence-corrected chi connectivity index (χ0v) is 7.34. The molecule has 1 rings (SSSR count). The van der Waals surface area contributed by atoms with E-state index in [2.05, 4.69) is 11.8 Å². The smallest absolute Gasteiger partial charge is 0.298 e. The van der Waals surface area contributed by atoms with Crippen LogP contribution in [0.15, 0.2) is 0 Å². The van der Waals surface area contributed by atoms with E-state index in [0.29, 0.717) is 6.54 Å². The van der Waals surface area contributed by atoms with Gasteiger partial charge in [-0.2, -0.15) is 0 Å². The maximum absolute atomic E-state index is 11.2. The number of likely N-dealkylation sites (tertiary alicyclic amines) is 1. The predicted octanol–water partition coefficient (Wildman–Crippen LogP) is -0.0406. The molecule has 3 nitrogen and oxygen atoms in total. The molecule has 2 N–H and O–H groups in total. The zero-order chi connectivity index (χ0) is 8.97. The summed E-state index contributed by atoms with van der Waals surface area (Å²) in [5, 5.41) is 0. The van der Waals surface area contributed by atoms with E-state index in [1.807, 2.05) is 0 Å². The van der Waals surface area contributed by atoms with Gasteiger partial charge in [0, 0.05) is 19.1 Å². The molecule has 1 aliphatic heterocycles. The van der Waals surface area contributed by atoms with E-state index in [4.69, 9.17) is 5.73 Å². The Bertz CT molecular complexity index is 226. The molecule has 0 spiro atoms. The normalized spacial score (nSPS) is 22.8. The Balaban J connectivity index is 2.49. The summed E-state index contributed by atoms with van der Waals surface area (Å²) in [6.07, 6.45) is 2.02. The van der Waals surface area contributed by atoms with Crippen molar-refractivity contribution in [3.05, 3.63) is 0 Å². The van der Waals surface area contributed by atoms with Gasteiger partial charge < -0.3 is 10.6 Å². The Morgan fingerprint density at radius 2 is 2.42 bits per heavy atom. The van der Waals surface area contributed by atoms with Gasteiger partial charge in [-0.3, -0.25) is 4.79 Å². The predicted molar refractivity (Wildman–Crippen MR) is 47.2 cm³/mol. The third-order valence-corrected chi connectivity index (χ3v) is 1.98. The molecule has 0 saturated carbocycles. The summed E-state index contributed by atoms with van der Waals surface area (Å²) in [5.41, 5.74) is 5.72. The van der Waals surface area contributed by atoms with Crippen LogP contribution >= 0.6 is 0 Å². The van der Waals surface area contributed by atoms with Crippen molar-refractivity contribution in [1.29, 1.82) is 0 Å². The minimum atomic E-state index is -0.0901. The number of nitrogens with zero attached hydrogens (tertiary/aromatic N) is 1. The molecule has 1 aliphatic rings. The number of nitrogens with two attached hydrogens (primary N) is 1. The molecule has 0 unspecified atom stereocenters. The van der Waals surface area contributed by atoms with Crippen molar-refractivity contribution in [2.75, 3.05) is 13.1 Å². The Labute approximate surface area is 72.9 Å². The van der Waals surface area contributed by atoms with E-state index in [0.717, 1.165) is 19.4 Å².